The van der Waals surface area contributed by atoms with E-state index in [1.807, 2.05) is 0 Å². The SMILES string of the molecule is CC(CC(N)=S)N1CCCC(O)C1. The van der Waals surface area contributed by atoms with Gasteiger partial charge in [-0.25, -0.2) is 0 Å². The Labute approximate surface area is 84.9 Å². The average Bonchev–Trinajstić information content (AvgIpc) is 2.03. The van der Waals surface area contributed by atoms with Gasteiger partial charge in [0.1, 0.15) is 0 Å². The van der Waals surface area contributed by atoms with Gasteiger partial charge in [0, 0.05) is 19.0 Å². The molecule has 1 aliphatic rings. The fourth-order valence-corrected chi connectivity index (χ4v) is 2.05. The van der Waals surface area contributed by atoms with Crippen LogP contribution in [0.15, 0.2) is 0 Å². The molecule has 0 aromatic heterocycles. The number of thiocarbonyl (C=S) groups is 1. The lowest BCUT2D eigenvalue weighted by atomic mass is 10.1. The zero-order chi connectivity index (χ0) is 9.84. The van der Waals surface area contributed by atoms with Crippen LogP contribution in [0.2, 0.25) is 0 Å². The number of nitrogens with zero attached hydrogens (tertiary/aromatic N) is 1. The molecular formula is C9H18N2OS. The Kier molecular flexibility index (Phi) is 4.09. The molecule has 0 bridgehead atoms. The number of piperidine rings is 1. The molecule has 1 heterocycles. The first-order valence-corrected chi connectivity index (χ1v) is 5.21. The lowest BCUT2D eigenvalue weighted by molar-refractivity contribution is 0.0523. The fraction of sp³-hybridized carbons (Fsp3) is 0.889. The van der Waals surface area contributed by atoms with Crippen LogP contribution < -0.4 is 5.73 Å². The van der Waals surface area contributed by atoms with E-state index < -0.39 is 0 Å². The summed E-state index contributed by atoms with van der Waals surface area (Å²) >= 11 is 4.86. The maximum absolute atomic E-state index is 9.46. The summed E-state index contributed by atoms with van der Waals surface area (Å²) in [5.74, 6) is 0. The van der Waals surface area contributed by atoms with Crippen LogP contribution in [0.5, 0.6) is 0 Å². The van der Waals surface area contributed by atoms with Gasteiger partial charge in [-0.3, -0.25) is 4.90 Å². The molecule has 0 aliphatic carbocycles. The summed E-state index contributed by atoms with van der Waals surface area (Å²) in [6, 6.07) is 0.368. The van der Waals surface area contributed by atoms with Crippen molar-refractivity contribution >= 4 is 17.2 Å². The van der Waals surface area contributed by atoms with Crippen LogP contribution in [-0.2, 0) is 0 Å². The highest BCUT2D eigenvalue weighted by Crippen LogP contribution is 2.14. The third-order valence-corrected chi connectivity index (χ3v) is 2.71. The van der Waals surface area contributed by atoms with E-state index >= 15 is 0 Å². The monoisotopic (exact) mass is 202 g/mol. The second-order valence-electron chi connectivity index (χ2n) is 3.81. The van der Waals surface area contributed by atoms with Crippen LogP contribution in [0.4, 0.5) is 0 Å². The predicted molar refractivity (Wildman–Crippen MR) is 57.7 cm³/mol. The van der Waals surface area contributed by atoms with Crippen molar-refractivity contribution in [1.29, 1.82) is 0 Å². The Morgan fingerprint density at radius 3 is 3.00 bits per heavy atom. The molecule has 1 saturated heterocycles. The lowest BCUT2D eigenvalue weighted by Crippen LogP contribution is -2.44. The van der Waals surface area contributed by atoms with E-state index in [0.29, 0.717) is 11.0 Å². The molecule has 0 spiro atoms. The number of aliphatic hydroxyl groups is 1. The minimum absolute atomic E-state index is 0.164. The van der Waals surface area contributed by atoms with Crippen molar-refractivity contribution in [3.05, 3.63) is 0 Å². The number of nitrogens with two attached hydrogens (primary N) is 1. The third kappa shape index (κ3) is 3.58. The van der Waals surface area contributed by atoms with Crippen LogP contribution in [0.25, 0.3) is 0 Å². The molecule has 1 rings (SSSR count). The van der Waals surface area contributed by atoms with Crippen molar-refractivity contribution in [1.82, 2.24) is 4.90 Å². The van der Waals surface area contributed by atoms with Crippen molar-refractivity contribution in [3.63, 3.8) is 0 Å². The molecule has 76 valence electrons. The second kappa shape index (κ2) is 4.88. The molecule has 2 unspecified atom stereocenters. The summed E-state index contributed by atoms with van der Waals surface area (Å²) in [7, 11) is 0. The Balaban J connectivity index is 2.36. The average molecular weight is 202 g/mol. The smallest absolute Gasteiger partial charge is 0.0742 e. The van der Waals surface area contributed by atoms with Gasteiger partial charge in [0.25, 0.3) is 0 Å². The summed E-state index contributed by atoms with van der Waals surface area (Å²) in [6.45, 7) is 3.93. The van der Waals surface area contributed by atoms with E-state index in [1.165, 1.54) is 0 Å². The van der Waals surface area contributed by atoms with E-state index in [-0.39, 0.29) is 6.10 Å². The van der Waals surface area contributed by atoms with Gasteiger partial charge >= 0.3 is 0 Å². The van der Waals surface area contributed by atoms with E-state index in [9.17, 15) is 5.11 Å². The molecule has 3 nitrogen and oxygen atoms in total. The molecule has 3 N–H and O–H groups in total. The summed E-state index contributed by atoms with van der Waals surface area (Å²) in [5, 5.41) is 9.46. The Bertz CT molecular complexity index is 186. The summed E-state index contributed by atoms with van der Waals surface area (Å²) in [5.41, 5.74) is 5.48. The molecule has 2 atom stereocenters. The van der Waals surface area contributed by atoms with Crippen molar-refractivity contribution in [2.24, 2.45) is 5.73 Å². The van der Waals surface area contributed by atoms with Crippen LogP contribution in [-0.4, -0.2) is 40.2 Å². The van der Waals surface area contributed by atoms with Gasteiger partial charge in [0.15, 0.2) is 0 Å². The number of rotatable bonds is 3. The molecule has 13 heavy (non-hydrogen) atoms. The number of hydrogen-bond acceptors (Lipinski definition) is 3. The first-order chi connectivity index (χ1) is 6.09. The topological polar surface area (TPSA) is 49.5 Å². The highest BCUT2D eigenvalue weighted by atomic mass is 32.1. The first kappa shape index (κ1) is 10.9. The fourth-order valence-electron chi connectivity index (χ4n) is 1.80. The molecule has 1 aliphatic heterocycles. The summed E-state index contributed by atoms with van der Waals surface area (Å²) in [4.78, 5) is 2.82. The van der Waals surface area contributed by atoms with Crippen molar-refractivity contribution in [2.45, 2.75) is 38.3 Å². The molecule has 0 aromatic rings. The summed E-state index contributed by atoms with van der Waals surface area (Å²) in [6.07, 6.45) is 2.59. The largest absolute Gasteiger partial charge is 0.393 e. The summed E-state index contributed by atoms with van der Waals surface area (Å²) < 4.78 is 0. The molecule has 0 aromatic carbocycles. The van der Waals surface area contributed by atoms with Crippen LogP contribution in [0.1, 0.15) is 26.2 Å². The normalized spacial score (nSPS) is 27.1. The van der Waals surface area contributed by atoms with Crippen molar-refractivity contribution in [3.8, 4) is 0 Å². The van der Waals surface area contributed by atoms with Gasteiger partial charge in [-0.05, 0) is 26.3 Å². The standard InChI is InChI=1S/C9H18N2OS/c1-7(5-9(10)13)11-4-2-3-8(12)6-11/h7-8,12H,2-6H2,1H3,(H2,10,13). The Morgan fingerprint density at radius 1 is 1.77 bits per heavy atom. The van der Waals surface area contributed by atoms with Gasteiger partial charge < -0.3 is 10.8 Å². The van der Waals surface area contributed by atoms with E-state index in [2.05, 4.69) is 11.8 Å². The Hall–Kier alpha value is -0.190. The van der Waals surface area contributed by atoms with Gasteiger partial charge in [0.05, 0.1) is 11.1 Å². The van der Waals surface area contributed by atoms with Crippen molar-refractivity contribution < 1.29 is 5.11 Å². The highest BCUT2D eigenvalue weighted by Gasteiger charge is 2.21. The molecule has 0 saturated carbocycles. The van der Waals surface area contributed by atoms with E-state index in [1.54, 1.807) is 0 Å². The highest BCUT2D eigenvalue weighted by molar-refractivity contribution is 7.80. The third-order valence-electron chi connectivity index (χ3n) is 2.55. The Morgan fingerprint density at radius 2 is 2.46 bits per heavy atom. The van der Waals surface area contributed by atoms with Gasteiger partial charge in [0.2, 0.25) is 0 Å². The van der Waals surface area contributed by atoms with Gasteiger partial charge in [-0.1, -0.05) is 12.2 Å². The molecular weight excluding hydrogens is 184 g/mol. The molecule has 4 heteroatoms. The zero-order valence-electron chi connectivity index (χ0n) is 8.07. The first-order valence-electron chi connectivity index (χ1n) is 4.80. The van der Waals surface area contributed by atoms with E-state index in [0.717, 1.165) is 32.4 Å². The molecule has 0 amide bonds. The van der Waals surface area contributed by atoms with E-state index in [4.69, 9.17) is 18.0 Å². The maximum Gasteiger partial charge on any atom is 0.0742 e. The number of aliphatic hydroxyl groups excluding tert-OH is 1. The van der Waals surface area contributed by atoms with Gasteiger partial charge in [-0.2, -0.15) is 0 Å². The lowest BCUT2D eigenvalue weighted by Gasteiger charge is -2.34. The number of β-amino-alcohol motifs (C(OH)–C–C–N with tert-alkyl or cyclic N) is 1. The van der Waals surface area contributed by atoms with Gasteiger partial charge in [-0.15, -0.1) is 0 Å². The zero-order valence-corrected chi connectivity index (χ0v) is 8.89. The van der Waals surface area contributed by atoms with Crippen LogP contribution >= 0.6 is 12.2 Å². The maximum atomic E-state index is 9.46. The molecule has 0 radical (unpaired) electrons. The quantitative estimate of drug-likeness (QED) is 0.655. The second-order valence-corrected chi connectivity index (χ2v) is 4.33. The van der Waals surface area contributed by atoms with Crippen molar-refractivity contribution in [2.75, 3.05) is 13.1 Å². The predicted octanol–water partition coefficient (Wildman–Crippen LogP) is 0.508. The van der Waals surface area contributed by atoms with Crippen LogP contribution in [0.3, 0.4) is 0 Å². The minimum atomic E-state index is -0.164. The van der Waals surface area contributed by atoms with Crippen LogP contribution in [0, 0.1) is 0 Å². The number of hydrogen-bond donors (Lipinski definition) is 2. The molecule has 1 fully saturated rings. The minimum Gasteiger partial charge on any atom is -0.393 e. The number of likely N-dealkylation sites (tertiary alicyclic amines) is 1.